The Balaban J connectivity index is 0.000000557. The third kappa shape index (κ3) is 7.61. The molecule has 0 radical (unpaired) electrons. The van der Waals surface area contributed by atoms with E-state index in [4.69, 9.17) is 28.3 Å². The van der Waals surface area contributed by atoms with E-state index in [9.17, 15) is 0 Å². The minimum Gasteiger partial charge on any atom is -0.371 e. The van der Waals surface area contributed by atoms with Gasteiger partial charge in [0.1, 0.15) is 6.79 Å². The number of halogens is 2. The van der Waals surface area contributed by atoms with Gasteiger partial charge >= 0.3 is 0 Å². The van der Waals surface area contributed by atoms with Gasteiger partial charge in [-0.15, -0.1) is 0 Å². The lowest BCUT2D eigenvalue weighted by Crippen LogP contribution is -1.93. The SMILES string of the molecule is CC(C)CCc1c(Cl)cccc1Cl.COCO. The highest BCUT2D eigenvalue weighted by Gasteiger charge is 2.05. The van der Waals surface area contributed by atoms with Gasteiger partial charge in [0.2, 0.25) is 0 Å². The van der Waals surface area contributed by atoms with E-state index in [1.807, 2.05) is 18.2 Å². The van der Waals surface area contributed by atoms with Crippen molar-refractivity contribution in [1.82, 2.24) is 0 Å². The molecule has 0 bridgehead atoms. The van der Waals surface area contributed by atoms with Gasteiger partial charge < -0.3 is 9.84 Å². The fourth-order valence-electron chi connectivity index (χ4n) is 1.20. The number of rotatable bonds is 4. The monoisotopic (exact) mass is 278 g/mol. The Labute approximate surface area is 114 Å². The third-order valence-electron chi connectivity index (χ3n) is 2.16. The summed E-state index contributed by atoms with van der Waals surface area (Å²) < 4.78 is 4.10. The normalized spacial score (nSPS) is 10.1. The summed E-state index contributed by atoms with van der Waals surface area (Å²) in [5, 5.41) is 9.22. The van der Waals surface area contributed by atoms with Crippen molar-refractivity contribution in [1.29, 1.82) is 0 Å². The Morgan fingerprint density at radius 3 is 2.06 bits per heavy atom. The van der Waals surface area contributed by atoms with Crippen LogP contribution in [0.4, 0.5) is 0 Å². The predicted octanol–water partition coefficient (Wildman–Crippen LogP) is 4.16. The van der Waals surface area contributed by atoms with Crippen molar-refractivity contribution in [2.75, 3.05) is 13.9 Å². The second kappa shape index (κ2) is 9.72. The van der Waals surface area contributed by atoms with Gasteiger partial charge in [-0.3, -0.25) is 0 Å². The highest BCUT2D eigenvalue weighted by atomic mass is 35.5. The first kappa shape index (κ1) is 16.7. The van der Waals surface area contributed by atoms with Crippen LogP contribution < -0.4 is 0 Å². The Hall–Kier alpha value is -0.280. The number of aliphatic hydroxyl groups excluding tert-OH is 1. The summed E-state index contributed by atoms with van der Waals surface area (Å²) in [6.07, 6.45) is 2.10. The number of hydrogen-bond acceptors (Lipinski definition) is 2. The van der Waals surface area contributed by atoms with Crippen LogP contribution in [0.15, 0.2) is 18.2 Å². The second-order valence-electron chi connectivity index (χ2n) is 4.05. The molecule has 17 heavy (non-hydrogen) atoms. The van der Waals surface area contributed by atoms with Crippen LogP contribution in [0.25, 0.3) is 0 Å². The molecule has 0 aromatic heterocycles. The first-order chi connectivity index (χ1) is 8.02. The lowest BCUT2D eigenvalue weighted by atomic mass is 10.0. The van der Waals surface area contributed by atoms with E-state index < -0.39 is 0 Å². The van der Waals surface area contributed by atoms with Crippen molar-refractivity contribution in [3.8, 4) is 0 Å². The molecule has 4 heteroatoms. The van der Waals surface area contributed by atoms with Crippen LogP contribution in [0.5, 0.6) is 0 Å². The smallest absolute Gasteiger partial charge is 0.143 e. The molecule has 98 valence electrons. The van der Waals surface area contributed by atoms with Crippen LogP contribution in [0.1, 0.15) is 25.8 Å². The van der Waals surface area contributed by atoms with Gasteiger partial charge in [0.25, 0.3) is 0 Å². The topological polar surface area (TPSA) is 29.5 Å². The summed E-state index contributed by atoms with van der Waals surface area (Å²) in [4.78, 5) is 0. The average molecular weight is 279 g/mol. The first-order valence-corrected chi connectivity index (χ1v) is 6.31. The number of benzene rings is 1. The van der Waals surface area contributed by atoms with Crippen molar-refractivity contribution in [3.05, 3.63) is 33.8 Å². The molecule has 0 saturated heterocycles. The molecule has 0 atom stereocenters. The largest absolute Gasteiger partial charge is 0.371 e. The Bertz CT molecular complexity index is 292. The number of aliphatic hydroxyl groups is 1. The first-order valence-electron chi connectivity index (χ1n) is 5.55. The van der Waals surface area contributed by atoms with E-state index in [-0.39, 0.29) is 6.79 Å². The zero-order valence-corrected chi connectivity index (χ0v) is 12.1. The van der Waals surface area contributed by atoms with Crippen LogP contribution in [-0.4, -0.2) is 19.0 Å². The number of methoxy groups -OCH3 is 1. The van der Waals surface area contributed by atoms with E-state index in [0.29, 0.717) is 5.92 Å². The van der Waals surface area contributed by atoms with Crippen LogP contribution in [0.3, 0.4) is 0 Å². The van der Waals surface area contributed by atoms with Crippen LogP contribution in [-0.2, 0) is 11.2 Å². The molecule has 0 fully saturated rings. The summed E-state index contributed by atoms with van der Waals surface area (Å²) in [6.45, 7) is 4.22. The molecule has 0 aliphatic rings. The van der Waals surface area contributed by atoms with E-state index in [1.165, 1.54) is 7.11 Å². The summed E-state index contributed by atoms with van der Waals surface area (Å²) in [5.74, 6) is 0.687. The molecule has 1 aromatic carbocycles. The quantitative estimate of drug-likeness (QED) is 0.838. The molecule has 0 heterocycles. The molecule has 0 saturated carbocycles. The molecule has 2 nitrogen and oxygen atoms in total. The van der Waals surface area contributed by atoms with Gasteiger partial charge in [0.15, 0.2) is 0 Å². The van der Waals surface area contributed by atoms with Crippen LogP contribution in [0.2, 0.25) is 10.0 Å². The van der Waals surface area contributed by atoms with Gasteiger partial charge in [0, 0.05) is 17.2 Å². The Morgan fingerprint density at radius 2 is 1.71 bits per heavy atom. The molecule has 0 aliphatic carbocycles. The van der Waals surface area contributed by atoms with Crippen LogP contribution >= 0.6 is 23.2 Å². The second-order valence-corrected chi connectivity index (χ2v) is 4.86. The average Bonchev–Trinajstić information content (AvgIpc) is 2.28. The molecule has 0 unspecified atom stereocenters. The van der Waals surface area contributed by atoms with Gasteiger partial charge in [-0.05, 0) is 36.5 Å². The Kier molecular flexibility index (Phi) is 9.56. The van der Waals surface area contributed by atoms with Crippen molar-refractivity contribution in [2.45, 2.75) is 26.7 Å². The summed E-state index contributed by atoms with van der Waals surface area (Å²) in [5.41, 5.74) is 1.08. The highest BCUT2D eigenvalue weighted by molar-refractivity contribution is 6.35. The zero-order valence-electron chi connectivity index (χ0n) is 10.5. The van der Waals surface area contributed by atoms with Crippen LogP contribution in [0, 0.1) is 5.92 Å². The number of ether oxygens (including phenoxy) is 1. The van der Waals surface area contributed by atoms with Gasteiger partial charge in [-0.25, -0.2) is 0 Å². The van der Waals surface area contributed by atoms with Crippen molar-refractivity contribution in [3.63, 3.8) is 0 Å². The lowest BCUT2D eigenvalue weighted by Gasteiger charge is -2.08. The molecular formula is C13H20Cl2O2. The Morgan fingerprint density at radius 1 is 1.24 bits per heavy atom. The molecule has 1 N–H and O–H groups in total. The fourth-order valence-corrected chi connectivity index (χ4v) is 1.79. The van der Waals surface area contributed by atoms with Crippen molar-refractivity contribution in [2.24, 2.45) is 5.92 Å². The van der Waals surface area contributed by atoms with Gasteiger partial charge in [-0.1, -0.05) is 43.1 Å². The van der Waals surface area contributed by atoms with E-state index in [2.05, 4.69) is 18.6 Å². The standard InChI is InChI=1S/C11H14Cl2.C2H6O2/c1-8(2)6-7-9-10(12)4-3-5-11(9)13;1-4-2-3/h3-5,8H,6-7H2,1-2H3;3H,2H2,1H3. The fraction of sp³-hybridized carbons (Fsp3) is 0.538. The number of hydrogen-bond donors (Lipinski definition) is 1. The van der Waals surface area contributed by atoms with E-state index in [0.717, 1.165) is 28.5 Å². The minimum atomic E-state index is -0.181. The lowest BCUT2D eigenvalue weighted by molar-refractivity contribution is 0.0325. The summed E-state index contributed by atoms with van der Waals surface area (Å²) in [6, 6.07) is 5.66. The minimum absolute atomic E-state index is 0.181. The molecule has 1 aromatic rings. The summed E-state index contributed by atoms with van der Waals surface area (Å²) in [7, 11) is 1.43. The van der Waals surface area contributed by atoms with E-state index >= 15 is 0 Å². The van der Waals surface area contributed by atoms with Crippen molar-refractivity contribution >= 4 is 23.2 Å². The predicted molar refractivity (Wildman–Crippen MR) is 73.7 cm³/mol. The van der Waals surface area contributed by atoms with E-state index in [1.54, 1.807) is 0 Å². The highest BCUT2D eigenvalue weighted by Crippen LogP contribution is 2.26. The maximum atomic E-state index is 7.65. The zero-order chi connectivity index (χ0) is 13.3. The molecular weight excluding hydrogens is 259 g/mol. The maximum Gasteiger partial charge on any atom is 0.143 e. The molecule has 0 amide bonds. The third-order valence-corrected chi connectivity index (χ3v) is 2.87. The molecule has 1 rings (SSSR count). The summed E-state index contributed by atoms with van der Waals surface area (Å²) >= 11 is 12.1. The maximum absolute atomic E-state index is 7.65. The molecule has 0 spiro atoms. The van der Waals surface area contributed by atoms with Crippen molar-refractivity contribution < 1.29 is 9.84 Å². The van der Waals surface area contributed by atoms with Gasteiger partial charge in [0.05, 0.1) is 0 Å². The molecule has 0 aliphatic heterocycles. The van der Waals surface area contributed by atoms with Gasteiger partial charge in [-0.2, -0.15) is 0 Å².